The third kappa shape index (κ3) is 2.98. The van der Waals surface area contributed by atoms with Crippen LogP contribution in [0.25, 0.3) is 5.69 Å². The fraction of sp³-hybridized carbons (Fsp3) is 0.333. The monoisotopic (exact) mass is 378 g/mol. The highest BCUT2D eigenvalue weighted by atomic mass is 79.9. The van der Waals surface area contributed by atoms with Gasteiger partial charge in [0.25, 0.3) is 5.91 Å². The van der Waals surface area contributed by atoms with Crippen molar-refractivity contribution in [2.45, 2.75) is 25.3 Å². The number of rotatable bonds is 5. The van der Waals surface area contributed by atoms with Crippen LogP contribution in [0.5, 0.6) is 0 Å². The summed E-state index contributed by atoms with van der Waals surface area (Å²) >= 11 is 3.41. The van der Waals surface area contributed by atoms with Gasteiger partial charge in [0.05, 0.1) is 11.9 Å². The maximum atomic E-state index is 12.3. The molecule has 2 N–H and O–H groups in total. The second-order valence-electron chi connectivity index (χ2n) is 5.74. The van der Waals surface area contributed by atoms with Crippen molar-refractivity contribution in [2.24, 2.45) is 5.92 Å². The molecule has 1 aliphatic carbocycles. The van der Waals surface area contributed by atoms with E-state index in [-0.39, 0.29) is 11.6 Å². The molecule has 0 aliphatic heterocycles. The summed E-state index contributed by atoms with van der Waals surface area (Å²) in [7, 11) is 0. The van der Waals surface area contributed by atoms with E-state index in [1.54, 1.807) is 0 Å². The Hall–Kier alpha value is -2.22. The van der Waals surface area contributed by atoms with Crippen molar-refractivity contribution in [3.05, 3.63) is 40.6 Å². The number of nitrogens with one attached hydrogen (secondary N) is 1. The van der Waals surface area contributed by atoms with Gasteiger partial charge in [-0.05, 0) is 53.7 Å². The Kier molecular flexibility index (Phi) is 3.93. The highest BCUT2D eigenvalue weighted by molar-refractivity contribution is 9.10. The van der Waals surface area contributed by atoms with Crippen LogP contribution in [0.2, 0.25) is 0 Å². The molecule has 1 atom stereocenters. The van der Waals surface area contributed by atoms with Crippen LogP contribution in [0, 0.1) is 5.92 Å². The lowest BCUT2D eigenvalue weighted by Crippen LogP contribution is -2.54. The zero-order valence-corrected chi connectivity index (χ0v) is 13.9. The number of para-hydroxylation sites is 1. The molecule has 3 rings (SSSR count). The smallest absolute Gasteiger partial charge is 0.329 e. The van der Waals surface area contributed by atoms with Crippen LogP contribution < -0.4 is 5.32 Å². The van der Waals surface area contributed by atoms with Crippen molar-refractivity contribution in [2.75, 3.05) is 0 Å². The molecule has 0 spiro atoms. The Morgan fingerprint density at radius 3 is 2.70 bits per heavy atom. The molecule has 1 aromatic carbocycles. The average Bonchev–Trinajstić information content (AvgIpc) is 3.26. The van der Waals surface area contributed by atoms with Gasteiger partial charge in [0.15, 0.2) is 5.69 Å². The maximum absolute atomic E-state index is 12.3. The van der Waals surface area contributed by atoms with Crippen molar-refractivity contribution >= 4 is 27.8 Å². The van der Waals surface area contributed by atoms with Crippen LogP contribution in [0.3, 0.4) is 0 Å². The second-order valence-corrected chi connectivity index (χ2v) is 6.59. The summed E-state index contributed by atoms with van der Waals surface area (Å²) in [6.45, 7) is 1.53. The lowest BCUT2D eigenvalue weighted by atomic mass is 9.96. The van der Waals surface area contributed by atoms with Crippen LogP contribution in [-0.2, 0) is 4.79 Å². The molecule has 0 bridgehead atoms. The molecule has 8 heteroatoms. The Balaban J connectivity index is 1.82. The highest BCUT2D eigenvalue weighted by Crippen LogP contribution is 2.39. The molecule has 1 aromatic heterocycles. The number of halogens is 1. The first-order valence-electron chi connectivity index (χ1n) is 7.15. The summed E-state index contributed by atoms with van der Waals surface area (Å²) in [6.07, 6.45) is 3.07. The van der Waals surface area contributed by atoms with Crippen LogP contribution >= 0.6 is 15.9 Å². The van der Waals surface area contributed by atoms with Gasteiger partial charge in [-0.2, -0.15) is 0 Å². The highest BCUT2D eigenvalue weighted by Gasteiger charge is 2.48. The molecule has 120 valence electrons. The van der Waals surface area contributed by atoms with E-state index >= 15 is 0 Å². The normalized spacial score (nSPS) is 16.6. The van der Waals surface area contributed by atoms with Crippen LogP contribution in [-0.4, -0.2) is 37.5 Å². The SMILES string of the molecule is CC(NC(=O)c1cn(-c2ccccc2Br)nn1)(C(=O)O)C1CC1. The van der Waals surface area contributed by atoms with Crippen LogP contribution in [0.4, 0.5) is 0 Å². The third-order valence-corrected chi connectivity index (χ3v) is 4.71. The van der Waals surface area contributed by atoms with E-state index in [1.807, 2.05) is 24.3 Å². The van der Waals surface area contributed by atoms with Crippen molar-refractivity contribution in [3.8, 4) is 5.69 Å². The van der Waals surface area contributed by atoms with E-state index in [4.69, 9.17) is 0 Å². The van der Waals surface area contributed by atoms with Gasteiger partial charge in [-0.3, -0.25) is 4.79 Å². The van der Waals surface area contributed by atoms with Gasteiger partial charge < -0.3 is 10.4 Å². The van der Waals surface area contributed by atoms with Crippen LogP contribution in [0.15, 0.2) is 34.9 Å². The zero-order chi connectivity index (χ0) is 16.6. The lowest BCUT2D eigenvalue weighted by Gasteiger charge is -2.25. The average molecular weight is 379 g/mol. The number of carbonyl (C=O) groups excluding carboxylic acids is 1. The number of nitrogens with zero attached hydrogens (tertiary/aromatic N) is 3. The van der Waals surface area contributed by atoms with Gasteiger partial charge in [0, 0.05) is 4.47 Å². The molecule has 23 heavy (non-hydrogen) atoms. The summed E-state index contributed by atoms with van der Waals surface area (Å²) in [6, 6.07) is 7.39. The van der Waals surface area contributed by atoms with Crippen molar-refractivity contribution in [1.82, 2.24) is 20.3 Å². The summed E-state index contributed by atoms with van der Waals surface area (Å²) in [5.74, 6) is -1.62. The predicted molar refractivity (Wildman–Crippen MR) is 85.3 cm³/mol. The maximum Gasteiger partial charge on any atom is 0.329 e. The van der Waals surface area contributed by atoms with Gasteiger partial charge in [-0.25, -0.2) is 9.48 Å². The number of carbonyl (C=O) groups is 2. The molecule has 1 saturated carbocycles. The molecule has 1 heterocycles. The molecule has 7 nitrogen and oxygen atoms in total. The number of hydrogen-bond acceptors (Lipinski definition) is 4. The van der Waals surface area contributed by atoms with Crippen molar-refractivity contribution in [1.29, 1.82) is 0 Å². The number of benzene rings is 1. The molecule has 1 fully saturated rings. The topological polar surface area (TPSA) is 97.1 Å². The molecule has 1 aliphatic rings. The van der Waals surface area contributed by atoms with Gasteiger partial charge in [-0.15, -0.1) is 5.10 Å². The summed E-state index contributed by atoms with van der Waals surface area (Å²) < 4.78 is 2.28. The molecule has 1 unspecified atom stereocenters. The largest absolute Gasteiger partial charge is 0.480 e. The minimum absolute atomic E-state index is 0.0396. The first-order valence-corrected chi connectivity index (χ1v) is 7.94. The number of carboxylic acid groups (broad SMARTS) is 1. The van der Waals surface area contributed by atoms with Crippen molar-refractivity contribution in [3.63, 3.8) is 0 Å². The zero-order valence-electron chi connectivity index (χ0n) is 12.4. The van der Waals surface area contributed by atoms with Gasteiger partial charge in [0.1, 0.15) is 5.54 Å². The predicted octanol–water partition coefficient (Wildman–Crippen LogP) is 2.01. The molecule has 0 radical (unpaired) electrons. The van der Waals surface area contributed by atoms with Gasteiger partial charge >= 0.3 is 5.97 Å². The van der Waals surface area contributed by atoms with Gasteiger partial charge in [-0.1, -0.05) is 17.3 Å². The number of aliphatic carboxylic acids is 1. The number of carboxylic acids is 1. The Labute approximate surface area is 140 Å². The van der Waals surface area contributed by atoms with E-state index in [0.29, 0.717) is 0 Å². The molecule has 0 saturated heterocycles. The number of amides is 1. The summed E-state index contributed by atoms with van der Waals surface area (Å²) in [5, 5.41) is 19.8. The quantitative estimate of drug-likeness (QED) is 0.829. The fourth-order valence-electron chi connectivity index (χ4n) is 2.41. The molecule has 1 amide bonds. The Morgan fingerprint density at radius 2 is 2.09 bits per heavy atom. The fourth-order valence-corrected chi connectivity index (χ4v) is 2.88. The summed E-state index contributed by atoms with van der Waals surface area (Å²) in [5.41, 5.74) is -0.454. The molecule has 2 aromatic rings. The number of hydrogen-bond donors (Lipinski definition) is 2. The van der Waals surface area contributed by atoms with Crippen LogP contribution in [0.1, 0.15) is 30.3 Å². The number of aromatic nitrogens is 3. The first kappa shape index (κ1) is 15.7. The van der Waals surface area contributed by atoms with E-state index in [2.05, 4.69) is 31.6 Å². The summed E-state index contributed by atoms with van der Waals surface area (Å²) in [4.78, 5) is 23.8. The standard InChI is InChI=1S/C15H15BrN4O3/c1-15(14(22)23,9-6-7-9)17-13(21)11-8-20(19-18-11)12-5-3-2-4-10(12)16/h2-5,8-9H,6-7H2,1H3,(H,17,21)(H,22,23). The lowest BCUT2D eigenvalue weighted by molar-refractivity contribution is -0.144. The minimum atomic E-state index is -1.27. The molecular formula is C15H15BrN4O3. The Bertz CT molecular complexity index is 772. The minimum Gasteiger partial charge on any atom is -0.480 e. The van der Waals surface area contributed by atoms with Gasteiger partial charge in [0.2, 0.25) is 0 Å². The first-order chi connectivity index (χ1) is 10.9. The third-order valence-electron chi connectivity index (χ3n) is 4.04. The second kappa shape index (κ2) is 5.77. The van der Waals surface area contributed by atoms with E-state index < -0.39 is 17.4 Å². The van der Waals surface area contributed by atoms with E-state index in [9.17, 15) is 14.7 Å². The van der Waals surface area contributed by atoms with E-state index in [1.165, 1.54) is 17.8 Å². The van der Waals surface area contributed by atoms with E-state index in [0.717, 1.165) is 23.0 Å². The van der Waals surface area contributed by atoms with Crippen molar-refractivity contribution < 1.29 is 14.7 Å². The molecular weight excluding hydrogens is 364 g/mol. The Morgan fingerprint density at radius 1 is 1.39 bits per heavy atom.